The number of nitrogens with one attached hydrogen (secondary N) is 1. The topological polar surface area (TPSA) is 31.4 Å². The molecule has 0 spiro atoms. The van der Waals surface area contributed by atoms with E-state index in [4.69, 9.17) is 0 Å². The molecule has 4 heteroatoms. The Bertz CT molecular complexity index is 352. The van der Waals surface area contributed by atoms with Crippen LogP contribution in [-0.4, -0.2) is 60.6 Å². The molecule has 1 aliphatic rings. The molecule has 1 aromatic heterocycles. The molecule has 2 rings (SSSR count). The fourth-order valence-corrected chi connectivity index (χ4v) is 2.55. The number of piperazine rings is 1. The van der Waals surface area contributed by atoms with Gasteiger partial charge in [-0.1, -0.05) is 0 Å². The van der Waals surface area contributed by atoms with E-state index >= 15 is 0 Å². The van der Waals surface area contributed by atoms with Gasteiger partial charge in [0, 0.05) is 50.7 Å². The predicted octanol–water partition coefficient (Wildman–Crippen LogP) is 0.805. The van der Waals surface area contributed by atoms with Gasteiger partial charge in [-0.25, -0.2) is 0 Å². The van der Waals surface area contributed by atoms with E-state index in [0.717, 1.165) is 26.2 Å². The molecule has 1 saturated heterocycles. The van der Waals surface area contributed by atoms with Gasteiger partial charge in [0.25, 0.3) is 0 Å². The summed E-state index contributed by atoms with van der Waals surface area (Å²) in [4.78, 5) is 8.93. The van der Waals surface area contributed by atoms with Gasteiger partial charge in [-0.3, -0.25) is 9.88 Å². The van der Waals surface area contributed by atoms with Crippen molar-refractivity contribution in [1.29, 1.82) is 0 Å². The smallest absolute Gasteiger partial charge is 0.0351 e. The molecular weight excluding hydrogens is 224 g/mol. The third kappa shape index (κ3) is 3.77. The molecule has 18 heavy (non-hydrogen) atoms. The molecule has 2 unspecified atom stereocenters. The van der Waals surface area contributed by atoms with E-state index in [1.807, 2.05) is 12.4 Å². The number of aromatic nitrogens is 1. The Morgan fingerprint density at radius 3 is 2.78 bits per heavy atom. The van der Waals surface area contributed by atoms with Crippen molar-refractivity contribution in [3.05, 3.63) is 30.1 Å². The summed E-state index contributed by atoms with van der Waals surface area (Å²) < 4.78 is 0. The highest BCUT2D eigenvalue weighted by Crippen LogP contribution is 2.12. The van der Waals surface area contributed by atoms with Crippen LogP contribution in [0.1, 0.15) is 12.5 Å². The van der Waals surface area contributed by atoms with Crippen molar-refractivity contribution in [2.45, 2.75) is 25.6 Å². The average Bonchev–Trinajstić information content (AvgIpc) is 2.33. The van der Waals surface area contributed by atoms with Crippen molar-refractivity contribution >= 4 is 0 Å². The van der Waals surface area contributed by atoms with Gasteiger partial charge in [-0.15, -0.1) is 0 Å². The van der Waals surface area contributed by atoms with Crippen LogP contribution in [0, 0.1) is 0 Å². The first-order chi connectivity index (χ1) is 8.65. The van der Waals surface area contributed by atoms with E-state index in [-0.39, 0.29) is 0 Å². The van der Waals surface area contributed by atoms with E-state index in [1.165, 1.54) is 5.56 Å². The fourth-order valence-electron chi connectivity index (χ4n) is 2.55. The summed E-state index contributed by atoms with van der Waals surface area (Å²) in [5.74, 6) is 0. The molecule has 0 saturated carbocycles. The Kier molecular flexibility index (Phi) is 4.69. The molecule has 1 aliphatic heterocycles. The molecule has 0 aliphatic carbocycles. The molecule has 2 heterocycles. The molecule has 4 nitrogen and oxygen atoms in total. The highest BCUT2D eigenvalue weighted by atomic mass is 15.3. The van der Waals surface area contributed by atoms with Gasteiger partial charge in [-0.05, 0) is 38.7 Å². The first-order valence-electron chi connectivity index (χ1n) is 6.66. The maximum absolute atomic E-state index is 4.08. The second-order valence-corrected chi connectivity index (χ2v) is 5.51. The van der Waals surface area contributed by atoms with Crippen LogP contribution in [0.4, 0.5) is 0 Å². The summed E-state index contributed by atoms with van der Waals surface area (Å²) in [7, 11) is 4.28. The summed E-state index contributed by atoms with van der Waals surface area (Å²) in [6, 6.07) is 5.38. The summed E-state index contributed by atoms with van der Waals surface area (Å²) >= 11 is 0. The number of rotatable bonds is 4. The van der Waals surface area contributed by atoms with Crippen LogP contribution in [0.25, 0.3) is 0 Å². The van der Waals surface area contributed by atoms with E-state index in [9.17, 15) is 0 Å². The zero-order valence-electron chi connectivity index (χ0n) is 11.6. The van der Waals surface area contributed by atoms with Crippen molar-refractivity contribution in [3.63, 3.8) is 0 Å². The van der Waals surface area contributed by atoms with Gasteiger partial charge >= 0.3 is 0 Å². The average molecular weight is 248 g/mol. The first-order valence-corrected chi connectivity index (χ1v) is 6.66. The Labute approximate surface area is 110 Å². The zero-order valence-corrected chi connectivity index (χ0v) is 11.6. The molecule has 2 atom stereocenters. The van der Waals surface area contributed by atoms with Crippen LogP contribution >= 0.6 is 0 Å². The van der Waals surface area contributed by atoms with Crippen molar-refractivity contribution in [1.82, 2.24) is 20.1 Å². The number of pyridine rings is 1. The second kappa shape index (κ2) is 6.27. The van der Waals surface area contributed by atoms with E-state index < -0.39 is 0 Å². The third-order valence-electron chi connectivity index (χ3n) is 3.44. The molecule has 0 aromatic carbocycles. The number of nitrogens with zero attached hydrogens (tertiary/aromatic N) is 3. The van der Waals surface area contributed by atoms with E-state index in [2.05, 4.69) is 53.3 Å². The van der Waals surface area contributed by atoms with Crippen molar-refractivity contribution in [3.8, 4) is 0 Å². The highest BCUT2D eigenvalue weighted by Gasteiger charge is 2.25. The van der Waals surface area contributed by atoms with E-state index in [0.29, 0.717) is 12.1 Å². The molecule has 100 valence electrons. The van der Waals surface area contributed by atoms with Gasteiger partial charge in [0.05, 0.1) is 0 Å². The van der Waals surface area contributed by atoms with Crippen LogP contribution < -0.4 is 5.32 Å². The normalized spacial score (nSPS) is 25.6. The maximum Gasteiger partial charge on any atom is 0.0351 e. The lowest BCUT2D eigenvalue weighted by Crippen LogP contribution is -2.57. The lowest BCUT2D eigenvalue weighted by molar-refractivity contribution is 0.105. The highest BCUT2D eigenvalue weighted by molar-refractivity contribution is 5.10. The number of hydrogen-bond acceptors (Lipinski definition) is 4. The largest absolute Gasteiger partial charge is 0.311 e. The van der Waals surface area contributed by atoms with Gasteiger partial charge in [-0.2, -0.15) is 0 Å². The number of likely N-dealkylation sites (N-methyl/N-ethyl adjacent to an activating group) is 1. The predicted molar refractivity (Wildman–Crippen MR) is 74.5 cm³/mol. The van der Waals surface area contributed by atoms with Gasteiger partial charge in [0.1, 0.15) is 0 Å². The molecule has 0 amide bonds. The van der Waals surface area contributed by atoms with Crippen LogP contribution in [0.3, 0.4) is 0 Å². The molecule has 1 aromatic rings. The Morgan fingerprint density at radius 2 is 2.11 bits per heavy atom. The summed E-state index contributed by atoms with van der Waals surface area (Å²) in [5, 5.41) is 3.57. The van der Waals surface area contributed by atoms with Crippen molar-refractivity contribution < 1.29 is 0 Å². The zero-order chi connectivity index (χ0) is 13.0. The number of hydrogen-bond donors (Lipinski definition) is 1. The lowest BCUT2D eigenvalue weighted by Gasteiger charge is -2.40. The first kappa shape index (κ1) is 13.5. The van der Waals surface area contributed by atoms with Crippen molar-refractivity contribution in [2.75, 3.05) is 33.7 Å². The second-order valence-electron chi connectivity index (χ2n) is 5.51. The maximum atomic E-state index is 4.08. The summed E-state index contributed by atoms with van der Waals surface area (Å²) in [6.07, 6.45) is 3.75. The molecule has 0 bridgehead atoms. The van der Waals surface area contributed by atoms with Crippen LogP contribution in [0.2, 0.25) is 0 Å². The quantitative estimate of drug-likeness (QED) is 0.854. The molecule has 1 fully saturated rings. The monoisotopic (exact) mass is 248 g/mol. The Hall–Kier alpha value is -0.970. The lowest BCUT2D eigenvalue weighted by atomic mass is 10.1. The molecular formula is C14H24N4. The molecule has 0 radical (unpaired) electrons. The fraction of sp³-hybridized carbons (Fsp3) is 0.643. The van der Waals surface area contributed by atoms with E-state index in [1.54, 1.807) is 0 Å². The van der Waals surface area contributed by atoms with Gasteiger partial charge < -0.3 is 10.2 Å². The van der Waals surface area contributed by atoms with Crippen LogP contribution in [0.5, 0.6) is 0 Å². The standard InChI is InChI=1S/C14H24N4/c1-12-9-18(10-13-4-6-15-7-5-13)14(8-16-12)11-17(2)3/h4-7,12,14,16H,8-11H2,1-3H3. The minimum absolute atomic E-state index is 0.574. The van der Waals surface area contributed by atoms with Crippen LogP contribution in [0.15, 0.2) is 24.5 Å². The van der Waals surface area contributed by atoms with Gasteiger partial charge in [0.15, 0.2) is 0 Å². The Balaban J connectivity index is 2.01. The minimum atomic E-state index is 0.574. The molecule has 1 N–H and O–H groups in total. The van der Waals surface area contributed by atoms with Crippen LogP contribution in [-0.2, 0) is 6.54 Å². The van der Waals surface area contributed by atoms with Crippen molar-refractivity contribution in [2.24, 2.45) is 0 Å². The summed E-state index contributed by atoms with van der Waals surface area (Å²) in [6.45, 7) is 6.56. The minimum Gasteiger partial charge on any atom is -0.311 e. The summed E-state index contributed by atoms with van der Waals surface area (Å²) in [5.41, 5.74) is 1.35. The SMILES string of the molecule is CC1CN(Cc2ccncc2)C(CN(C)C)CN1. The third-order valence-corrected chi connectivity index (χ3v) is 3.44. The Morgan fingerprint density at radius 1 is 1.39 bits per heavy atom. The van der Waals surface area contributed by atoms with Gasteiger partial charge in [0.2, 0.25) is 0 Å².